The number of ether oxygens (including phenoxy) is 1. The van der Waals surface area contributed by atoms with E-state index >= 15 is 0 Å². The van der Waals surface area contributed by atoms with E-state index in [9.17, 15) is 15.3 Å². The fourth-order valence-electron chi connectivity index (χ4n) is 2.81. The van der Waals surface area contributed by atoms with Gasteiger partial charge in [0, 0.05) is 18.4 Å². The van der Waals surface area contributed by atoms with E-state index in [1.165, 1.54) is 18.4 Å². The Balaban J connectivity index is 1.69. The summed E-state index contributed by atoms with van der Waals surface area (Å²) >= 11 is 0. The Morgan fingerprint density at radius 2 is 1.72 bits per heavy atom. The molecule has 5 nitrogen and oxygen atoms in total. The van der Waals surface area contributed by atoms with Gasteiger partial charge < -0.3 is 24.5 Å². The van der Waals surface area contributed by atoms with Gasteiger partial charge in [0.05, 0.1) is 12.4 Å². The Bertz CT molecular complexity index is 923. The number of rotatable bonds is 9. The van der Waals surface area contributed by atoms with Crippen molar-refractivity contribution in [3.8, 4) is 11.5 Å². The highest BCUT2D eigenvalue weighted by Crippen LogP contribution is 2.23. The molecule has 2 aromatic carbocycles. The Kier molecular flexibility index (Phi) is 7.31. The first kappa shape index (κ1) is 20.5. The summed E-state index contributed by atoms with van der Waals surface area (Å²) in [6.45, 7) is 0.258. The lowest BCUT2D eigenvalue weighted by molar-refractivity contribution is 0.146. The van der Waals surface area contributed by atoms with Crippen molar-refractivity contribution < 1.29 is 24.5 Å². The number of para-hydroxylation sites is 1. The summed E-state index contributed by atoms with van der Waals surface area (Å²) in [6.07, 6.45) is 2.38. The first-order valence-corrected chi connectivity index (χ1v) is 9.41. The molecule has 0 radical (unpaired) electrons. The van der Waals surface area contributed by atoms with Crippen LogP contribution in [0.4, 0.5) is 0 Å². The number of aromatic hydroxyl groups is 1. The minimum Gasteiger partial charge on any atom is -0.508 e. The second-order valence-corrected chi connectivity index (χ2v) is 6.63. The van der Waals surface area contributed by atoms with Gasteiger partial charge in [-0.25, -0.2) is 0 Å². The van der Waals surface area contributed by atoms with Crippen molar-refractivity contribution in [2.75, 3.05) is 6.61 Å². The lowest BCUT2D eigenvalue weighted by atomic mass is 10.0. The zero-order chi connectivity index (χ0) is 20.5. The maximum absolute atomic E-state index is 10.4. The predicted octanol–water partition coefficient (Wildman–Crippen LogP) is 4.69. The number of hydrogen-bond donors (Lipinski definition) is 3. The van der Waals surface area contributed by atoms with Crippen molar-refractivity contribution in [2.45, 2.75) is 25.0 Å². The standard InChI is InChI=1S/C24H24O5/c25-20-13-11-19(12-14-20)22(26)9-4-6-18(16-23(27)24-10-5-15-28-24)17-29-21-7-2-1-3-8-21/h1-5,7-8,10-15,22-23,25-27H,9,16-17H2/t6?,22-,23-/m1/s1. The summed E-state index contributed by atoms with van der Waals surface area (Å²) < 4.78 is 11.1. The van der Waals surface area contributed by atoms with E-state index in [2.05, 4.69) is 5.73 Å². The fraction of sp³-hybridized carbons (Fsp3) is 0.208. The van der Waals surface area contributed by atoms with Crippen LogP contribution in [0.1, 0.15) is 36.4 Å². The molecule has 0 aliphatic carbocycles. The molecule has 3 aromatic rings. The highest BCUT2D eigenvalue weighted by atomic mass is 16.5. The highest BCUT2D eigenvalue weighted by Gasteiger charge is 2.13. The van der Waals surface area contributed by atoms with Crippen LogP contribution in [0.2, 0.25) is 0 Å². The molecule has 150 valence electrons. The molecule has 5 heteroatoms. The lowest BCUT2D eigenvalue weighted by Crippen LogP contribution is -2.05. The van der Waals surface area contributed by atoms with Gasteiger partial charge in [0.2, 0.25) is 0 Å². The summed E-state index contributed by atoms with van der Waals surface area (Å²) in [5.74, 6) is 1.36. The van der Waals surface area contributed by atoms with E-state index in [1.807, 2.05) is 30.3 Å². The fourth-order valence-corrected chi connectivity index (χ4v) is 2.81. The van der Waals surface area contributed by atoms with Gasteiger partial charge in [-0.3, -0.25) is 0 Å². The Labute approximate surface area is 169 Å². The quantitative estimate of drug-likeness (QED) is 0.460. The highest BCUT2D eigenvalue weighted by molar-refractivity contribution is 5.27. The van der Waals surface area contributed by atoms with Gasteiger partial charge in [-0.1, -0.05) is 30.3 Å². The van der Waals surface area contributed by atoms with Gasteiger partial charge in [0.15, 0.2) is 0 Å². The van der Waals surface area contributed by atoms with E-state index in [4.69, 9.17) is 9.15 Å². The van der Waals surface area contributed by atoms with Crippen molar-refractivity contribution >= 4 is 0 Å². The molecule has 3 rings (SSSR count). The average Bonchev–Trinajstić information content (AvgIpc) is 3.28. The summed E-state index contributed by atoms with van der Waals surface area (Å²) in [7, 11) is 0. The smallest absolute Gasteiger partial charge is 0.132 e. The molecule has 29 heavy (non-hydrogen) atoms. The van der Waals surface area contributed by atoms with Gasteiger partial charge in [-0.2, -0.15) is 0 Å². The first-order chi connectivity index (χ1) is 14.1. The molecule has 0 aliphatic rings. The van der Waals surface area contributed by atoms with Crippen molar-refractivity contribution in [3.63, 3.8) is 0 Å². The topological polar surface area (TPSA) is 83.1 Å². The van der Waals surface area contributed by atoms with Crippen molar-refractivity contribution in [1.29, 1.82) is 0 Å². The van der Waals surface area contributed by atoms with E-state index in [-0.39, 0.29) is 12.4 Å². The van der Waals surface area contributed by atoms with Gasteiger partial charge in [0.1, 0.15) is 30.0 Å². The number of phenols is 1. The monoisotopic (exact) mass is 392 g/mol. The number of aliphatic hydroxyl groups excluding tert-OH is 2. The summed E-state index contributed by atoms with van der Waals surface area (Å²) in [4.78, 5) is 0. The zero-order valence-corrected chi connectivity index (χ0v) is 15.9. The third kappa shape index (κ3) is 6.40. The largest absolute Gasteiger partial charge is 0.508 e. The van der Waals surface area contributed by atoms with E-state index in [1.54, 1.807) is 30.3 Å². The minimum absolute atomic E-state index is 0.156. The van der Waals surface area contributed by atoms with Crippen molar-refractivity contribution in [3.05, 3.63) is 102 Å². The molecule has 0 aliphatic heterocycles. The third-order valence-corrected chi connectivity index (χ3v) is 4.39. The number of aliphatic hydroxyl groups is 2. The van der Waals surface area contributed by atoms with E-state index < -0.39 is 12.2 Å². The zero-order valence-electron chi connectivity index (χ0n) is 15.9. The van der Waals surface area contributed by atoms with E-state index in [0.29, 0.717) is 24.2 Å². The number of furan rings is 1. The van der Waals surface area contributed by atoms with Crippen LogP contribution >= 0.6 is 0 Å². The number of hydrogen-bond acceptors (Lipinski definition) is 5. The van der Waals surface area contributed by atoms with Gasteiger partial charge in [-0.05, 0) is 48.0 Å². The Morgan fingerprint density at radius 3 is 2.41 bits per heavy atom. The van der Waals surface area contributed by atoms with Gasteiger partial charge in [-0.15, -0.1) is 5.73 Å². The molecule has 0 amide bonds. The van der Waals surface area contributed by atoms with Crippen LogP contribution in [0, 0.1) is 0 Å². The molecule has 1 aromatic heterocycles. The number of benzene rings is 2. The van der Waals surface area contributed by atoms with Crippen LogP contribution in [0.25, 0.3) is 0 Å². The molecular formula is C24H24O5. The molecule has 1 heterocycles. The molecule has 2 atom stereocenters. The van der Waals surface area contributed by atoms with Crippen LogP contribution < -0.4 is 4.74 Å². The minimum atomic E-state index is -0.803. The summed E-state index contributed by atoms with van der Waals surface area (Å²) in [5.41, 5.74) is 4.60. The average molecular weight is 392 g/mol. The maximum Gasteiger partial charge on any atom is 0.132 e. The van der Waals surface area contributed by atoms with Crippen LogP contribution in [0.5, 0.6) is 11.5 Å². The van der Waals surface area contributed by atoms with Crippen LogP contribution in [-0.2, 0) is 0 Å². The molecule has 0 saturated carbocycles. The normalized spacial score (nSPS) is 12.6. The summed E-state index contributed by atoms with van der Waals surface area (Å²) in [6, 6.07) is 19.3. The molecule has 0 spiro atoms. The molecule has 3 N–H and O–H groups in total. The summed E-state index contributed by atoms with van der Waals surface area (Å²) in [5, 5.41) is 30.1. The molecule has 0 saturated heterocycles. The second-order valence-electron chi connectivity index (χ2n) is 6.63. The van der Waals surface area contributed by atoms with Crippen molar-refractivity contribution in [1.82, 2.24) is 0 Å². The van der Waals surface area contributed by atoms with Gasteiger partial charge >= 0.3 is 0 Å². The lowest BCUT2D eigenvalue weighted by Gasteiger charge is -2.12. The second kappa shape index (κ2) is 10.3. The molecule has 0 unspecified atom stereocenters. The first-order valence-electron chi connectivity index (χ1n) is 9.41. The SMILES string of the molecule is Oc1ccc([C@H](O)CC=C=C(COc2ccccc2)C[C@@H](O)c2ccco2)cc1. The Hall–Kier alpha value is -3.24. The number of phenolic OH excluding ortho intramolecular Hbond substituents is 1. The molecule has 0 fully saturated rings. The van der Waals surface area contributed by atoms with Gasteiger partial charge in [0.25, 0.3) is 0 Å². The Morgan fingerprint density at radius 1 is 0.966 bits per heavy atom. The van der Waals surface area contributed by atoms with Crippen molar-refractivity contribution in [2.24, 2.45) is 0 Å². The molecular weight excluding hydrogens is 368 g/mol. The third-order valence-electron chi connectivity index (χ3n) is 4.39. The van der Waals surface area contributed by atoms with Crippen LogP contribution in [0.3, 0.4) is 0 Å². The van der Waals surface area contributed by atoms with Crippen LogP contribution in [-0.4, -0.2) is 21.9 Å². The molecule has 0 bridgehead atoms. The predicted molar refractivity (Wildman–Crippen MR) is 110 cm³/mol. The maximum atomic E-state index is 10.4. The van der Waals surface area contributed by atoms with E-state index in [0.717, 1.165) is 11.3 Å². The van der Waals surface area contributed by atoms with Crippen LogP contribution in [0.15, 0.2) is 94.8 Å².